The maximum atomic E-state index is 5.30. The van der Waals surface area contributed by atoms with E-state index < -0.39 is 0 Å². The van der Waals surface area contributed by atoms with Crippen molar-refractivity contribution >= 4 is 28.2 Å². The summed E-state index contributed by atoms with van der Waals surface area (Å²) in [4.78, 5) is 11.2. The van der Waals surface area contributed by atoms with E-state index in [1.54, 1.807) is 0 Å². The van der Waals surface area contributed by atoms with Crippen molar-refractivity contribution in [1.82, 2.24) is 14.9 Å². The van der Waals surface area contributed by atoms with Crippen molar-refractivity contribution in [1.29, 1.82) is 0 Å². The highest BCUT2D eigenvalue weighted by atomic mass is 32.1. The molecule has 1 aromatic heterocycles. The molecule has 16 heavy (non-hydrogen) atoms. The Labute approximate surface area is 99.5 Å². The Balaban J connectivity index is 1.86. The number of nitrogens with zero attached hydrogens (tertiary/aromatic N) is 2. The second-order valence-corrected chi connectivity index (χ2v) is 4.59. The Morgan fingerprint density at radius 3 is 3.00 bits per heavy atom. The first-order chi connectivity index (χ1) is 7.83. The number of thiocarbonyl (C=S) groups is 1. The molecule has 0 bridgehead atoms. The Hall–Kier alpha value is -1.42. The van der Waals surface area contributed by atoms with Crippen LogP contribution >= 0.6 is 12.2 Å². The number of nitrogens with one attached hydrogen (secondary N) is 1. The highest BCUT2D eigenvalue weighted by molar-refractivity contribution is 7.80. The topological polar surface area (TPSA) is 31.9 Å². The zero-order valence-corrected chi connectivity index (χ0v) is 9.76. The number of para-hydroxylation sites is 2. The van der Waals surface area contributed by atoms with Gasteiger partial charge in [0.2, 0.25) is 0 Å². The van der Waals surface area contributed by atoms with E-state index in [2.05, 4.69) is 14.9 Å². The maximum absolute atomic E-state index is 5.30. The lowest BCUT2D eigenvalue weighted by Crippen LogP contribution is -2.23. The highest BCUT2D eigenvalue weighted by Crippen LogP contribution is 2.16. The molecular weight excluding hydrogens is 218 g/mol. The number of imidazole rings is 1. The molecule has 1 aliphatic rings. The lowest BCUT2D eigenvalue weighted by atomic mass is 10.3. The summed E-state index contributed by atoms with van der Waals surface area (Å²) in [5, 5.41) is 0. The molecule has 2 heterocycles. The van der Waals surface area contributed by atoms with Crippen LogP contribution in [0, 0.1) is 0 Å². The fraction of sp³-hybridized carbons (Fsp3) is 0.333. The molecule has 2 aromatic rings. The van der Waals surface area contributed by atoms with Gasteiger partial charge in [-0.05, 0) is 25.0 Å². The van der Waals surface area contributed by atoms with Crippen LogP contribution in [0.15, 0.2) is 24.3 Å². The molecular formula is C12H13N3S. The number of aromatic nitrogens is 2. The molecule has 0 amide bonds. The van der Waals surface area contributed by atoms with Crippen LogP contribution in [0.25, 0.3) is 11.0 Å². The molecule has 0 radical (unpaired) electrons. The van der Waals surface area contributed by atoms with Crippen molar-refractivity contribution in [3.05, 3.63) is 30.1 Å². The first-order valence-electron chi connectivity index (χ1n) is 5.54. The Kier molecular flexibility index (Phi) is 2.36. The average molecular weight is 231 g/mol. The van der Waals surface area contributed by atoms with E-state index >= 15 is 0 Å². The minimum absolute atomic E-state index is 0.813. The van der Waals surface area contributed by atoms with Crippen molar-refractivity contribution in [3.63, 3.8) is 0 Å². The van der Waals surface area contributed by atoms with E-state index in [1.165, 1.54) is 6.42 Å². The Morgan fingerprint density at radius 2 is 2.25 bits per heavy atom. The second-order valence-electron chi connectivity index (χ2n) is 4.12. The second kappa shape index (κ2) is 3.87. The summed E-state index contributed by atoms with van der Waals surface area (Å²) in [5.74, 6) is 1.01. The van der Waals surface area contributed by atoms with E-state index in [9.17, 15) is 0 Å². The predicted octanol–water partition coefficient (Wildman–Crippen LogP) is 2.49. The van der Waals surface area contributed by atoms with Crippen molar-refractivity contribution < 1.29 is 0 Å². The number of likely N-dealkylation sites (tertiary alicyclic amines) is 1. The van der Waals surface area contributed by atoms with Crippen LogP contribution in [0.4, 0.5) is 0 Å². The molecule has 4 heteroatoms. The van der Waals surface area contributed by atoms with Gasteiger partial charge in [-0.25, -0.2) is 4.98 Å². The third-order valence-corrected chi connectivity index (χ3v) is 3.41. The minimum Gasteiger partial charge on any atom is -0.359 e. The molecule has 0 unspecified atom stereocenters. The SMILES string of the molecule is S=C1CCCN1Cc1nc2ccccc2[nH]1. The van der Waals surface area contributed by atoms with Gasteiger partial charge in [-0.1, -0.05) is 24.4 Å². The molecule has 3 rings (SSSR count). The Bertz CT molecular complexity index is 499. The smallest absolute Gasteiger partial charge is 0.126 e. The van der Waals surface area contributed by atoms with E-state index in [4.69, 9.17) is 12.2 Å². The quantitative estimate of drug-likeness (QED) is 0.806. The normalized spacial score (nSPS) is 16.2. The number of hydrogen-bond acceptors (Lipinski definition) is 2. The number of fused-ring (bicyclic) bond motifs is 1. The lowest BCUT2D eigenvalue weighted by molar-refractivity contribution is 0.443. The summed E-state index contributed by atoms with van der Waals surface area (Å²) >= 11 is 5.30. The zero-order chi connectivity index (χ0) is 11.0. The van der Waals surface area contributed by atoms with Crippen LogP contribution in [0.3, 0.4) is 0 Å². The van der Waals surface area contributed by atoms with Gasteiger partial charge in [0.25, 0.3) is 0 Å². The zero-order valence-electron chi connectivity index (χ0n) is 8.94. The van der Waals surface area contributed by atoms with Crippen LogP contribution in [0.1, 0.15) is 18.7 Å². The summed E-state index contributed by atoms with van der Waals surface area (Å²) < 4.78 is 0. The fourth-order valence-electron chi connectivity index (χ4n) is 2.13. The monoisotopic (exact) mass is 231 g/mol. The summed E-state index contributed by atoms with van der Waals surface area (Å²) in [7, 11) is 0. The summed E-state index contributed by atoms with van der Waals surface area (Å²) in [6.07, 6.45) is 2.23. The molecule has 0 atom stereocenters. The molecule has 1 fully saturated rings. The number of aromatic amines is 1. The van der Waals surface area contributed by atoms with Crippen molar-refractivity contribution in [2.24, 2.45) is 0 Å². The number of H-pyrrole nitrogens is 1. The van der Waals surface area contributed by atoms with Crippen LogP contribution in [0.5, 0.6) is 0 Å². The summed E-state index contributed by atoms with van der Waals surface area (Å²) in [5.41, 5.74) is 2.13. The Morgan fingerprint density at radius 1 is 1.38 bits per heavy atom. The number of rotatable bonds is 2. The lowest BCUT2D eigenvalue weighted by Gasteiger charge is -2.15. The van der Waals surface area contributed by atoms with Gasteiger partial charge in [0.05, 0.1) is 22.6 Å². The molecule has 3 nitrogen and oxygen atoms in total. The summed E-state index contributed by atoms with van der Waals surface area (Å²) in [6, 6.07) is 8.10. The van der Waals surface area contributed by atoms with Crippen LogP contribution in [0.2, 0.25) is 0 Å². The van der Waals surface area contributed by atoms with Gasteiger partial charge >= 0.3 is 0 Å². The van der Waals surface area contributed by atoms with Gasteiger partial charge in [-0.2, -0.15) is 0 Å². The molecule has 1 aromatic carbocycles. The van der Waals surface area contributed by atoms with Gasteiger partial charge in [0, 0.05) is 6.54 Å². The summed E-state index contributed by atoms with van der Waals surface area (Å²) in [6.45, 7) is 1.88. The molecule has 82 valence electrons. The van der Waals surface area contributed by atoms with Crippen molar-refractivity contribution in [2.75, 3.05) is 6.54 Å². The molecule has 0 saturated carbocycles. The largest absolute Gasteiger partial charge is 0.359 e. The van der Waals surface area contributed by atoms with Crippen LogP contribution in [-0.4, -0.2) is 26.4 Å². The molecule has 0 spiro atoms. The first-order valence-corrected chi connectivity index (χ1v) is 5.95. The predicted molar refractivity (Wildman–Crippen MR) is 68.3 cm³/mol. The molecule has 1 saturated heterocycles. The van der Waals surface area contributed by atoms with E-state index in [0.717, 1.165) is 41.4 Å². The standard InChI is InChI=1S/C12H13N3S/c16-12-6-3-7-15(12)8-11-13-9-4-1-2-5-10(9)14-11/h1-2,4-5H,3,6-8H2,(H,13,14). The van der Waals surface area contributed by atoms with Crippen LogP contribution < -0.4 is 0 Å². The van der Waals surface area contributed by atoms with Crippen molar-refractivity contribution in [2.45, 2.75) is 19.4 Å². The van der Waals surface area contributed by atoms with Gasteiger partial charge in [0.15, 0.2) is 0 Å². The third-order valence-electron chi connectivity index (χ3n) is 2.95. The number of benzene rings is 1. The van der Waals surface area contributed by atoms with E-state index in [1.807, 2.05) is 24.3 Å². The average Bonchev–Trinajstić information content (AvgIpc) is 2.85. The van der Waals surface area contributed by atoms with Gasteiger partial charge in [0.1, 0.15) is 5.82 Å². The third kappa shape index (κ3) is 1.69. The molecule has 0 aliphatic carbocycles. The van der Waals surface area contributed by atoms with Crippen molar-refractivity contribution in [3.8, 4) is 0 Å². The number of hydrogen-bond donors (Lipinski definition) is 1. The van der Waals surface area contributed by atoms with E-state index in [0.29, 0.717) is 0 Å². The van der Waals surface area contributed by atoms with Crippen LogP contribution in [-0.2, 0) is 6.54 Å². The maximum Gasteiger partial charge on any atom is 0.126 e. The highest BCUT2D eigenvalue weighted by Gasteiger charge is 2.17. The fourth-order valence-corrected chi connectivity index (χ4v) is 2.43. The first kappa shape index (κ1) is 9.78. The molecule has 1 aliphatic heterocycles. The van der Waals surface area contributed by atoms with Gasteiger partial charge < -0.3 is 9.88 Å². The van der Waals surface area contributed by atoms with Gasteiger partial charge in [-0.15, -0.1) is 0 Å². The van der Waals surface area contributed by atoms with E-state index in [-0.39, 0.29) is 0 Å². The van der Waals surface area contributed by atoms with Gasteiger partial charge in [-0.3, -0.25) is 0 Å². The minimum atomic E-state index is 0.813. The molecule has 1 N–H and O–H groups in total.